The van der Waals surface area contributed by atoms with Gasteiger partial charge in [-0.05, 0) is 28.5 Å². The predicted octanol–water partition coefficient (Wildman–Crippen LogP) is 4.40. The molecule has 0 fully saturated rings. The number of fused-ring (bicyclic) bond motifs is 1. The molecule has 0 aliphatic heterocycles. The third-order valence-electron chi connectivity index (χ3n) is 3.93. The summed E-state index contributed by atoms with van der Waals surface area (Å²) in [5.74, 6) is 0.542. The molecule has 2 aromatic carbocycles. The molecule has 0 saturated heterocycles. The van der Waals surface area contributed by atoms with Crippen LogP contribution in [0, 0.1) is 5.41 Å². The van der Waals surface area contributed by atoms with Crippen molar-refractivity contribution in [2.45, 2.75) is 26.2 Å². The van der Waals surface area contributed by atoms with Gasteiger partial charge in [0.1, 0.15) is 0 Å². The predicted molar refractivity (Wildman–Crippen MR) is 72.2 cm³/mol. The van der Waals surface area contributed by atoms with E-state index < -0.39 is 0 Å². The first kappa shape index (κ1) is 10.6. The average Bonchev–Trinajstić information content (AvgIpc) is 2.60. The minimum absolute atomic E-state index is 0.324. The van der Waals surface area contributed by atoms with E-state index in [2.05, 4.69) is 68.4 Å². The van der Waals surface area contributed by atoms with Crippen LogP contribution in [0.4, 0.5) is 0 Å². The number of hydrogen-bond acceptors (Lipinski definition) is 0. The van der Waals surface area contributed by atoms with Gasteiger partial charge in [0.05, 0.1) is 0 Å². The number of rotatable bonds is 1. The summed E-state index contributed by atoms with van der Waals surface area (Å²) in [4.78, 5) is 0. The van der Waals surface area contributed by atoms with E-state index in [1.165, 1.54) is 23.1 Å². The first-order valence-electron chi connectivity index (χ1n) is 6.31. The minimum atomic E-state index is 0.324. The fourth-order valence-corrected chi connectivity index (χ4v) is 3.27. The van der Waals surface area contributed by atoms with E-state index in [9.17, 15) is 0 Å². The lowest BCUT2D eigenvalue weighted by Crippen LogP contribution is -2.18. The van der Waals surface area contributed by atoms with E-state index in [4.69, 9.17) is 0 Å². The van der Waals surface area contributed by atoms with Crippen molar-refractivity contribution in [2.24, 2.45) is 5.41 Å². The maximum atomic E-state index is 2.38. The fourth-order valence-electron chi connectivity index (χ4n) is 3.27. The lowest BCUT2D eigenvalue weighted by atomic mass is 9.76. The summed E-state index contributed by atoms with van der Waals surface area (Å²) in [6.45, 7) is 4.76. The lowest BCUT2D eigenvalue weighted by molar-refractivity contribution is 0.347. The summed E-state index contributed by atoms with van der Waals surface area (Å²) in [6, 6.07) is 19.8. The first-order valence-corrected chi connectivity index (χ1v) is 6.31. The van der Waals surface area contributed by atoms with Crippen LogP contribution < -0.4 is 0 Å². The van der Waals surface area contributed by atoms with Crippen molar-refractivity contribution < 1.29 is 0 Å². The molecule has 0 heteroatoms. The fraction of sp³-hybridized carbons (Fsp3) is 0.294. The van der Waals surface area contributed by atoms with Gasteiger partial charge in [-0.2, -0.15) is 0 Å². The molecule has 86 valence electrons. The number of hydrogen-bond donors (Lipinski definition) is 0. The van der Waals surface area contributed by atoms with Crippen LogP contribution in [0.2, 0.25) is 0 Å². The second-order valence-electron chi connectivity index (χ2n) is 5.71. The minimum Gasteiger partial charge on any atom is -0.0622 e. The van der Waals surface area contributed by atoms with Gasteiger partial charge < -0.3 is 0 Å². The van der Waals surface area contributed by atoms with Crippen LogP contribution in [0.3, 0.4) is 0 Å². The van der Waals surface area contributed by atoms with Gasteiger partial charge in [0.25, 0.3) is 0 Å². The average molecular weight is 222 g/mol. The van der Waals surface area contributed by atoms with E-state index in [0.717, 1.165) is 0 Å². The molecule has 17 heavy (non-hydrogen) atoms. The molecule has 0 saturated carbocycles. The lowest BCUT2D eigenvalue weighted by Gasteiger charge is -2.28. The Bertz CT molecular complexity index is 523. The SMILES string of the molecule is CC1(C)Cc2ccccc2C1c1ccccc1. The highest BCUT2D eigenvalue weighted by Gasteiger charge is 2.39. The summed E-state index contributed by atoms with van der Waals surface area (Å²) in [7, 11) is 0. The van der Waals surface area contributed by atoms with Crippen molar-refractivity contribution in [3.8, 4) is 0 Å². The molecule has 1 aliphatic rings. The van der Waals surface area contributed by atoms with Crippen LogP contribution in [-0.4, -0.2) is 0 Å². The Morgan fingerprint density at radius 3 is 2.29 bits per heavy atom. The topological polar surface area (TPSA) is 0 Å². The Kier molecular flexibility index (Phi) is 2.32. The van der Waals surface area contributed by atoms with Crippen LogP contribution in [-0.2, 0) is 6.42 Å². The normalized spacial score (nSPS) is 21.2. The maximum Gasteiger partial charge on any atom is 0.0146 e. The molecule has 1 unspecified atom stereocenters. The van der Waals surface area contributed by atoms with Crippen molar-refractivity contribution in [3.05, 3.63) is 71.3 Å². The maximum absolute atomic E-state index is 2.38. The third-order valence-corrected chi connectivity index (χ3v) is 3.93. The van der Waals surface area contributed by atoms with E-state index in [-0.39, 0.29) is 0 Å². The summed E-state index contributed by atoms with van der Waals surface area (Å²) in [5, 5.41) is 0. The molecule has 0 amide bonds. The van der Waals surface area contributed by atoms with Gasteiger partial charge in [-0.3, -0.25) is 0 Å². The second kappa shape index (κ2) is 3.73. The van der Waals surface area contributed by atoms with Crippen LogP contribution in [0.15, 0.2) is 54.6 Å². The third kappa shape index (κ3) is 1.68. The van der Waals surface area contributed by atoms with Crippen molar-refractivity contribution in [2.75, 3.05) is 0 Å². The Hall–Kier alpha value is -1.56. The molecule has 0 heterocycles. The quantitative estimate of drug-likeness (QED) is 0.671. The van der Waals surface area contributed by atoms with Crippen molar-refractivity contribution in [3.63, 3.8) is 0 Å². The second-order valence-corrected chi connectivity index (χ2v) is 5.71. The van der Waals surface area contributed by atoms with Crippen molar-refractivity contribution >= 4 is 0 Å². The van der Waals surface area contributed by atoms with Gasteiger partial charge in [0.2, 0.25) is 0 Å². The molecule has 0 radical (unpaired) electrons. The molecule has 3 rings (SSSR count). The molecule has 1 aliphatic carbocycles. The molecular formula is C17H18. The standard InChI is InChI=1S/C17H18/c1-17(2)12-14-10-6-7-11-15(14)16(17)13-8-4-3-5-9-13/h3-11,16H,12H2,1-2H3. The zero-order valence-electron chi connectivity index (χ0n) is 10.5. The molecule has 2 aromatic rings. The van der Waals surface area contributed by atoms with Crippen LogP contribution in [0.1, 0.15) is 36.5 Å². The highest BCUT2D eigenvalue weighted by Crippen LogP contribution is 2.50. The Labute approximate surface area is 103 Å². The Balaban J connectivity index is 2.15. The van der Waals surface area contributed by atoms with Crippen molar-refractivity contribution in [1.29, 1.82) is 0 Å². The van der Waals surface area contributed by atoms with Crippen LogP contribution >= 0.6 is 0 Å². The summed E-state index contributed by atoms with van der Waals surface area (Å²) in [5.41, 5.74) is 4.81. The van der Waals surface area contributed by atoms with Gasteiger partial charge >= 0.3 is 0 Å². The summed E-state index contributed by atoms with van der Waals surface area (Å²) >= 11 is 0. The Morgan fingerprint density at radius 1 is 0.882 bits per heavy atom. The molecule has 0 N–H and O–H groups in total. The van der Waals surface area contributed by atoms with Gasteiger partial charge in [-0.25, -0.2) is 0 Å². The highest BCUT2D eigenvalue weighted by molar-refractivity contribution is 5.45. The highest BCUT2D eigenvalue weighted by atomic mass is 14.4. The van der Waals surface area contributed by atoms with Crippen molar-refractivity contribution in [1.82, 2.24) is 0 Å². The summed E-state index contributed by atoms with van der Waals surface area (Å²) in [6.07, 6.45) is 1.18. The van der Waals surface area contributed by atoms with Gasteiger partial charge in [-0.1, -0.05) is 68.4 Å². The van der Waals surface area contributed by atoms with Gasteiger partial charge in [0.15, 0.2) is 0 Å². The van der Waals surface area contributed by atoms with E-state index in [1.807, 2.05) is 0 Å². The molecular weight excluding hydrogens is 204 g/mol. The molecule has 0 nitrogen and oxygen atoms in total. The molecule has 0 spiro atoms. The van der Waals surface area contributed by atoms with Gasteiger partial charge in [0, 0.05) is 5.92 Å². The summed E-state index contributed by atoms with van der Waals surface area (Å²) < 4.78 is 0. The van der Waals surface area contributed by atoms with E-state index >= 15 is 0 Å². The van der Waals surface area contributed by atoms with Crippen LogP contribution in [0.25, 0.3) is 0 Å². The molecule has 0 bridgehead atoms. The zero-order chi connectivity index (χ0) is 11.9. The smallest absolute Gasteiger partial charge is 0.0146 e. The van der Waals surface area contributed by atoms with E-state index in [0.29, 0.717) is 11.3 Å². The Morgan fingerprint density at radius 2 is 1.53 bits per heavy atom. The first-order chi connectivity index (χ1) is 8.18. The molecule has 1 atom stereocenters. The van der Waals surface area contributed by atoms with Gasteiger partial charge in [-0.15, -0.1) is 0 Å². The molecule has 0 aromatic heterocycles. The van der Waals surface area contributed by atoms with E-state index in [1.54, 1.807) is 0 Å². The van der Waals surface area contributed by atoms with Crippen LogP contribution in [0.5, 0.6) is 0 Å². The largest absolute Gasteiger partial charge is 0.0622 e. The number of benzene rings is 2. The zero-order valence-corrected chi connectivity index (χ0v) is 10.5. The monoisotopic (exact) mass is 222 g/mol.